The minimum Gasteiger partial charge on any atom is -0.304 e. The molecule has 0 spiro atoms. The predicted octanol–water partition coefficient (Wildman–Crippen LogP) is 3.86. The van der Waals surface area contributed by atoms with Gasteiger partial charge in [0.25, 0.3) is 0 Å². The van der Waals surface area contributed by atoms with Crippen molar-refractivity contribution in [1.82, 2.24) is 29.8 Å². The van der Waals surface area contributed by atoms with Gasteiger partial charge in [-0.25, -0.2) is 4.68 Å². The highest BCUT2D eigenvalue weighted by molar-refractivity contribution is 6.38. The third-order valence-electron chi connectivity index (χ3n) is 5.85. The monoisotopic (exact) mass is 431 g/mol. The summed E-state index contributed by atoms with van der Waals surface area (Å²) in [6.45, 7) is 5.99. The first-order valence-corrected chi connectivity index (χ1v) is 10.9. The van der Waals surface area contributed by atoms with Gasteiger partial charge >= 0.3 is 0 Å². The molecule has 5 rings (SSSR count). The molecule has 4 aromatic rings. The molecule has 6 nitrogen and oxygen atoms in total. The molecule has 0 aliphatic carbocycles. The maximum Gasteiger partial charge on any atom is 0.182 e. The number of hydrogen-bond acceptors (Lipinski definition) is 5. The SMILES string of the molecule is CN1CCN(CCn2nc(-c3c[c]ccc3)c3c(Cl)c(-c4ccccc4)nnc32)CC1. The average Bonchev–Trinajstić information content (AvgIpc) is 3.20. The second-order valence-electron chi connectivity index (χ2n) is 7.94. The molecule has 1 radical (unpaired) electrons. The Morgan fingerprint density at radius 1 is 0.903 bits per heavy atom. The third kappa shape index (κ3) is 4.06. The number of rotatable bonds is 5. The molecule has 31 heavy (non-hydrogen) atoms. The standard InChI is InChI=1S/C24H24ClN6/c1-29-12-14-30(15-13-29)16-17-31-24-20(22(28-31)18-8-4-2-5-9-18)21(25)23(26-27-24)19-10-6-3-7-11-19/h2-4,6-11H,12-17H2,1H3. The van der Waals surface area contributed by atoms with Gasteiger partial charge < -0.3 is 4.90 Å². The van der Waals surface area contributed by atoms with Crippen molar-refractivity contribution in [3.63, 3.8) is 0 Å². The fourth-order valence-electron chi connectivity index (χ4n) is 4.00. The highest BCUT2D eigenvalue weighted by Gasteiger charge is 2.22. The van der Waals surface area contributed by atoms with Gasteiger partial charge in [-0.1, -0.05) is 60.1 Å². The van der Waals surface area contributed by atoms with Gasteiger partial charge in [-0.2, -0.15) is 5.10 Å². The van der Waals surface area contributed by atoms with Crippen molar-refractivity contribution in [1.29, 1.82) is 0 Å². The Hall–Kier alpha value is -2.80. The van der Waals surface area contributed by atoms with E-state index in [2.05, 4.69) is 33.1 Å². The average molecular weight is 432 g/mol. The maximum absolute atomic E-state index is 6.93. The summed E-state index contributed by atoms with van der Waals surface area (Å²) in [7, 11) is 2.17. The molecule has 0 atom stereocenters. The van der Waals surface area contributed by atoms with E-state index in [1.165, 1.54) is 0 Å². The van der Waals surface area contributed by atoms with Crippen molar-refractivity contribution < 1.29 is 0 Å². The summed E-state index contributed by atoms with van der Waals surface area (Å²) in [6.07, 6.45) is 0. The van der Waals surface area contributed by atoms with Crippen LogP contribution in [0.1, 0.15) is 0 Å². The van der Waals surface area contributed by atoms with Crippen LogP contribution in [0.4, 0.5) is 0 Å². The molecular formula is C24H24ClN6. The molecule has 0 bridgehead atoms. The molecule has 1 saturated heterocycles. The normalized spacial score (nSPS) is 15.5. The van der Waals surface area contributed by atoms with Crippen molar-refractivity contribution >= 4 is 22.6 Å². The maximum atomic E-state index is 6.93. The second kappa shape index (κ2) is 8.75. The van der Waals surface area contributed by atoms with Crippen LogP contribution in [-0.2, 0) is 6.54 Å². The first kappa shape index (κ1) is 20.1. The van der Waals surface area contributed by atoms with Crippen molar-refractivity contribution in [2.75, 3.05) is 39.8 Å². The summed E-state index contributed by atoms with van der Waals surface area (Å²) >= 11 is 6.93. The van der Waals surface area contributed by atoms with Gasteiger partial charge in [0.2, 0.25) is 0 Å². The van der Waals surface area contributed by atoms with Gasteiger partial charge in [0.15, 0.2) is 5.65 Å². The Morgan fingerprint density at radius 3 is 2.42 bits per heavy atom. The fourth-order valence-corrected chi connectivity index (χ4v) is 4.32. The number of piperazine rings is 1. The number of fused-ring (bicyclic) bond motifs is 1. The van der Waals surface area contributed by atoms with Crippen molar-refractivity contribution in [2.45, 2.75) is 6.54 Å². The van der Waals surface area contributed by atoms with Gasteiger partial charge in [0.1, 0.15) is 11.4 Å². The zero-order chi connectivity index (χ0) is 21.2. The first-order chi connectivity index (χ1) is 15.2. The van der Waals surface area contributed by atoms with Crippen molar-refractivity contribution in [3.05, 3.63) is 65.7 Å². The Bertz CT molecular complexity index is 1170. The van der Waals surface area contributed by atoms with Crippen LogP contribution in [-0.4, -0.2) is 69.5 Å². The van der Waals surface area contributed by atoms with Crippen LogP contribution in [0.2, 0.25) is 5.02 Å². The number of aromatic nitrogens is 4. The quantitative estimate of drug-likeness (QED) is 0.480. The lowest BCUT2D eigenvalue weighted by Gasteiger charge is -2.32. The van der Waals surface area contributed by atoms with Crippen molar-refractivity contribution in [2.24, 2.45) is 0 Å². The van der Waals surface area contributed by atoms with Gasteiger partial charge in [-0.3, -0.25) is 4.90 Å². The van der Waals surface area contributed by atoms with E-state index in [9.17, 15) is 0 Å². The predicted molar refractivity (Wildman–Crippen MR) is 124 cm³/mol. The number of benzene rings is 2. The van der Waals surface area contributed by atoms with E-state index in [0.717, 1.165) is 67.1 Å². The lowest BCUT2D eigenvalue weighted by Crippen LogP contribution is -2.45. The van der Waals surface area contributed by atoms with E-state index in [1.54, 1.807) is 0 Å². The minimum atomic E-state index is 0.584. The largest absolute Gasteiger partial charge is 0.304 e. The van der Waals surface area contributed by atoms with Gasteiger partial charge in [-0.15, -0.1) is 10.2 Å². The molecule has 0 unspecified atom stereocenters. The number of nitrogens with zero attached hydrogens (tertiary/aromatic N) is 6. The van der Waals surface area contributed by atoms with Crippen LogP contribution < -0.4 is 0 Å². The summed E-state index contributed by atoms with van der Waals surface area (Å²) in [6, 6.07) is 20.9. The zero-order valence-electron chi connectivity index (χ0n) is 17.5. The summed E-state index contributed by atoms with van der Waals surface area (Å²) in [5.41, 5.74) is 4.13. The molecule has 0 N–H and O–H groups in total. The zero-order valence-corrected chi connectivity index (χ0v) is 18.3. The number of hydrogen-bond donors (Lipinski definition) is 0. The molecule has 2 aromatic carbocycles. The molecule has 7 heteroatoms. The minimum absolute atomic E-state index is 0.584. The summed E-state index contributed by atoms with van der Waals surface area (Å²) in [5, 5.41) is 15.4. The molecule has 1 fully saturated rings. The van der Waals surface area contributed by atoms with E-state index >= 15 is 0 Å². The lowest BCUT2D eigenvalue weighted by molar-refractivity contribution is 0.149. The number of halogens is 1. The van der Waals surface area contributed by atoms with E-state index < -0.39 is 0 Å². The highest BCUT2D eigenvalue weighted by atomic mass is 35.5. The molecular weight excluding hydrogens is 408 g/mol. The van der Waals surface area contributed by atoms with Crippen LogP contribution >= 0.6 is 11.6 Å². The Balaban J connectivity index is 1.56. The summed E-state index contributed by atoms with van der Waals surface area (Å²) < 4.78 is 1.95. The summed E-state index contributed by atoms with van der Waals surface area (Å²) in [5.74, 6) is 0. The third-order valence-corrected chi connectivity index (χ3v) is 6.22. The Morgan fingerprint density at radius 2 is 1.68 bits per heavy atom. The van der Waals surface area contributed by atoms with Crippen LogP contribution in [0.25, 0.3) is 33.5 Å². The molecule has 2 aromatic heterocycles. The first-order valence-electron chi connectivity index (χ1n) is 10.6. The number of likely N-dealkylation sites (N-methyl/N-ethyl adjacent to an activating group) is 1. The Kier molecular flexibility index (Phi) is 5.68. The highest BCUT2D eigenvalue weighted by Crippen LogP contribution is 2.37. The molecule has 3 heterocycles. The molecule has 0 saturated carbocycles. The Labute approximate surface area is 187 Å². The van der Waals surface area contributed by atoms with Crippen LogP contribution in [0, 0.1) is 6.07 Å². The van der Waals surface area contributed by atoms with E-state index in [-0.39, 0.29) is 0 Å². The van der Waals surface area contributed by atoms with Gasteiger partial charge in [0, 0.05) is 43.9 Å². The molecule has 1 aliphatic rings. The van der Waals surface area contributed by atoms with Gasteiger partial charge in [-0.05, 0) is 19.2 Å². The van der Waals surface area contributed by atoms with Crippen molar-refractivity contribution in [3.8, 4) is 22.5 Å². The topological polar surface area (TPSA) is 50.1 Å². The van der Waals surface area contributed by atoms with Gasteiger partial charge in [0.05, 0.1) is 17.0 Å². The summed E-state index contributed by atoms with van der Waals surface area (Å²) in [4.78, 5) is 4.83. The van der Waals surface area contributed by atoms with Crippen LogP contribution in [0.15, 0.2) is 54.6 Å². The smallest absolute Gasteiger partial charge is 0.182 e. The van der Waals surface area contributed by atoms with E-state index in [1.807, 2.05) is 59.3 Å². The van der Waals surface area contributed by atoms with E-state index in [4.69, 9.17) is 16.7 Å². The van der Waals surface area contributed by atoms with Crippen LogP contribution in [0.5, 0.6) is 0 Å². The second-order valence-corrected chi connectivity index (χ2v) is 8.31. The van der Waals surface area contributed by atoms with Crippen LogP contribution in [0.3, 0.4) is 0 Å². The molecule has 1 aliphatic heterocycles. The molecule has 0 amide bonds. The molecule has 157 valence electrons. The van der Waals surface area contributed by atoms with E-state index in [0.29, 0.717) is 10.7 Å². The fraction of sp³-hybridized carbons (Fsp3) is 0.292. The lowest BCUT2D eigenvalue weighted by atomic mass is 10.1.